The minimum Gasteiger partial charge on any atom is -0.494 e. The zero-order chi connectivity index (χ0) is 22.7. The summed E-state index contributed by atoms with van der Waals surface area (Å²) in [7, 11) is 0. The summed E-state index contributed by atoms with van der Waals surface area (Å²) in [5.74, 6) is 0.605. The number of anilines is 1. The van der Waals surface area contributed by atoms with E-state index >= 15 is 0 Å². The predicted octanol–water partition coefficient (Wildman–Crippen LogP) is 2.35. The maximum Gasteiger partial charge on any atom is 0.227 e. The smallest absolute Gasteiger partial charge is 0.227 e. The Morgan fingerprint density at radius 2 is 1.88 bits per heavy atom. The molecule has 0 bridgehead atoms. The number of amides is 2. The molecule has 0 spiro atoms. The largest absolute Gasteiger partial charge is 0.494 e. The summed E-state index contributed by atoms with van der Waals surface area (Å²) >= 11 is 0. The van der Waals surface area contributed by atoms with E-state index < -0.39 is 5.92 Å². The fourth-order valence-electron chi connectivity index (χ4n) is 3.70. The number of carbonyl (C=O) groups is 2. The second-order valence-electron chi connectivity index (χ2n) is 7.83. The highest BCUT2D eigenvalue weighted by Crippen LogP contribution is 2.27. The van der Waals surface area contributed by atoms with Crippen LogP contribution in [0.3, 0.4) is 0 Å². The molecule has 1 aliphatic heterocycles. The van der Waals surface area contributed by atoms with Crippen LogP contribution in [0.15, 0.2) is 42.5 Å². The van der Waals surface area contributed by atoms with E-state index in [4.69, 9.17) is 4.74 Å². The van der Waals surface area contributed by atoms with Crippen LogP contribution in [0.2, 0.25) is 0 Å². The van der Waals surface area contributed by atoms with E-state index in [-0.39, 0.29) is 24.8 Å². The van der Waals surface area contributed by atoms with Crippen molar-refractivity contribution in [1.82, 2.24) is 25.5 Å². The molecule has 2 heterocycles. The molecule has 166 valence electrons. The van der Waals surface area contributed by atoms with Crippen LogP contribution >= 0.6 is 0 Å². The maximum absolute atomic E-state index is 12.8. The maximum atomic E-state index is 12.8. The molecule has 1 unspecified atom stereocenters. The average molecular weight is 435 g/mol. The molecule has 2 aromatic carbocycles. The Morgan fingerprint density at radius 1 is 1.12 bits per heavy atom. The summed E-state index contributed by atoms with van der Waals surface area (Å²) in [4.78, 5) is 27.0. The number of carbonyl (C=O) groups excluding carboxylic acids is 2. The lowest BCUT2D eigenvalue weighted by Crippen LogP contribution is -2.33. The minimum atomic E-state index is -0.418. The van der Waals surface area contributed by atoms with Crippen LogP contribution in [-0.2, 0) is 16.1 Å². The third-order valence-electron chi connectivity index (χ3n) is 5.65. The lowest BCUT2D eigenvalue weighted by atomic mass is 10.1. The fourth-order valence-corrected chi connectivity index (χ4v) is 3.70. The first kappa shape index (κ1) is 21.5. The predicted molar refractivity (Wildman–Crippen MR) is 119 cm³/mol. The topological polar surface area (TPSA) is 102 Å². The van der Waals surface area contributed by atoms with Gasteiger partial charge in [-0.2, -0.15) is 4.68 Å². The van der Waals surface area contributed by atoms with Gasteiger partial charge in [-0.3, -0.25) is 9.59 Å². The molecule has 0 aliphatic carbocycles. The van der Waals surface area contributed by atoms with Gasteiger partial charge in [-0.05, 0) is 78.7 Å². The quantitative estimate of drug-likeness (QED) is 0.612. The molecule has 1 atom stereocenters. The van der Waals surface area contributed by atoms with E-state index in [0.29, 0.717) is 19.0 Å². The molecule has 1 aliphatic rings. The van der Waals surface area contributed by atoms with Crippen LogP contribution in [0, 0.1) is 19.8 Å². The highest BCUT2D eigenvalue weighted by Gasteiger charge is 2.35. The van der Waals surface area contributed by atoms with Crippen molar-refractivity contribution in [2.75, 3.05) is 18.1 Å². The number of aromatic nitrogens is 4. The summed E-state index contributed by atoms with van der Waals surface area (Å²) < 4.78 is 7.02. The Bertz CT molecular complexity index is 1130. The molecule has 3 aromatic rings. The number of nitrogens with one attached hydrogen (secondary N) is 1. The lowest BCUT2D eigenvalue weighted by molar-refractivity contribution is -0.126. The van der Waals surface area contributed by atoms with Crippen LogP contribution in [0.5, 0.6) is 5.75 Å². The van der Waals surface area contributed by atoms with E-state index in [1.165, 1.54) is 5.56 Å². The Labute approximate surface area is 186 Å². The molecular weight excluding hydrogens is 408 g/mol. The van der Waals surface area contributed by atoms with Gasteiger partial charge in [0.2, 0.25) is 11.8 Å². The SMILES string of the molecule is CCOc1ccc(-n2nnnc2CNC(=O)C2CC(=O)N(c3ccc(C)c(C)c3)C2)cc1. The Kier molecular flexibility index (Phi) is 6.16. The molecule has 2 amide bonds. The second kappa shape index (κ2) is 9.17. The second-order valence-corrected chi connectivity index (χ2v) is 7.83. The highest BCUT2D eigenvalue weighted by molar-refractivity contribution is 6.00. The number of nitrogens with zero attached hydrogens (tertiary/aromatic N) is 5. The van der Waals surface area contributed by atoms with Crippen molar-refractivity contribution in [3.63, 3.8) is 0 Å². The van der Waals surface area contributed by atoms with E-state index in [1.807, 2.05) is 63.2 Å². The van der Waals surface area contributed by atoms with Crippen molar-refractivity contribution < 1.29 is 14.3 Å². The first-order valence-electron chi connectivity index (χ1n) is 10.6. The molecule has 9 heteroatoms. The number of aryl methyl sites for hydroxylation is 2. The number of hydrogen-bond donors (Lipinski definition) is 1. The van der Waals surface area contributed by atoms with E-state index in [9.17, 15) is 9.59 Å². The molecule has 1 aromatic heterocycles. The lowest BCUT2D eigenvalue weighted by Gasteiger charge is -2.18. The van der Waals surface area contributed by atoms with Crippen molar-refractivity contribution in [3.05, 3.63) is 59.4 Å². The molecule has 4 rings (SSSR count). The van der Waals surface area contributed by atoms with Gasteiger partial charge in [0.15, 0.2) is 5.82 Å². The molecule has 9 nitrogen and oxygen atoms in total. The number of ether oxygens (including phenoxy) is 1. The van der Waals surface area contributed by atoms with Gasteiger partial charge in [0.25, 0.3) is 0 Å². The fraction of sp³-hybridized carbons (Fsp3) is 0.348. The Hall–Kier alpha value is -3.75. The standard InChI is InChI=1S/C23H26N6O3/c1-4-32-20-9-7-18(8-10-20)29-21(25-26-27-29)13-24-23(31)17-12-22(30)28(14-17)19-6-5-15(2)16(3)11-19/h5-11,17H,4,12-14H2,1-3H3,(H,24,31). The van der Waals surface area contributed by atoms with Crippen molar-refractivity contribution >= 4 is 17.5 Å². The summed E-state index contributed by atoms with van der Waals surface area (Å²) in [5.41, 5.74) is 3.87. The summed E-state index contributed by atoms with van der Waals surface area (Å²) in [6.45, 7) is 7.08. The highest BCUT2D eigenvalue weighted by atomic mass is 16.5. The molecule has 0 saturated carbocycles. The molecular formula is C23H26N6O3. The molecule has 32 heavy (non-hydrogen) atoms. The first-order valence-corrected chi connectivity index (χ1v) is 10.6. The zero-order valence-corrected chi connectivity index (χ0v) is 18.4. The van der Waals surface area contributed by atoms with Crippen LogP contribution in [-0.4, -0.2) is 45.2 Å². The van der Waals surface area contributed by atoms with E-state index in [2.05, 4.69) is 20.8 Å². The van der Waals surface area contributed by atoms with Crippen LogP contribution in [0.1, 0.15) is 30.3 Å². The van der Waals surface area contributed by atoms with Crippen LogP contribution in [0.4, 0.5) is 5.69 Å². The molecule has 0 radical (unpaired) electrons. The van der Waals surface area contributed by atoms with Crippen molar-refractivity contribution in [3.8, 4) is 11.4 Å². The van der Waals surface area contributed by atoms with Crippen molar-refractivity contribution in [2.24, 2.45) is 5.92 Å². The Balaban J connectivity index is 1.39. The molecule has 1 fully saturated rings. The van der Waals surface area contributed by atoms with Gasteiger partial charge in [-0.1, -0.05) is 6.07 Å². The van der Waals surface area contributed by atoms with E-state index in [1.54, 1.807) is 9.58 Å². The minimum absolute atomic E-state index is 0.0485. The van der Waals surface area contributed by atoms with Crippen LogP contribution in [0.25, 0.3) is 5.69 Å². The Morgan fingerprint density at radius 3 is 2.59 bits per heavy atom. The third-order valence-corrected chi connectivity index (χ3v) is 5.65. The van der Waals surface area contributed by atoms with Crippen LogP contribution < -0.4 is 15.0 Å². The third kappa shape index (κ3) is 4.46. The van der Waals surface area contributed by atoms with Gasteiger partial charge >= 0.3 is 0 Å². The summed E-state index contributed by atoms with van der Waals surface area (Å²) in [6, 6.07) is 13.3. The van der Waals surface area contributed by atoms with Gasteiger partial charge in [-0.15, -0.1) is 5.10 Å². The molecule has 1 N–H and O–H groups in total. The van der Waals surface area contributed by atoms with Gasteiger partial charge in [0, 0.05) is 18.7 Å². The first-order chi connectivity index (χ1) is 15.5. The number of benzene rings is 2. The number of rotatable bonds is 7. The zero-order valence-electron chi connectivity index (χ0n) is 18.4. The molecule has 1 saturated heterocycles. The summed E-state index contributed by atoms with van der Waals surface area (Å²) in [5, 5.41) is 14.6. The van der Waals surface area contributed by atoms with Gasteiger partial charge in [0.05, 0.1) is 24.8 Å². The summed E-state index contributed by atoms with van der Waals surface area (Å²) in [6.07, 6.45) is 0.183. The monoisotopic (exact) mass is 434 g/mol. The number of hydrogen-bond acceptors (Lipinski definition) is 6. The van der Waals surface area contributed by atoms with Crippen molar-refractivity contribution in [1.29, 1.82) is 0 Å². The number of tetrazole rings is 1. The normalized spacial score (nSPS) is 15.8. The van der Waals surface area contributed by atoms with Crippen molar-refractivity contribution in [2.45, 2.75) is 33.7 Å². The average Bonchev–Trinajstić information content (AvgIpc) is 3.41. The van der Waals surface area contributed by atoms with Gasteiger partial charge in [0.1, 0.15) is 5.75 Å². The van der Waals surface area contributed by atoms with Gasteiger partial charge in [-0.25, -0.2) is 0 Å². The van der Waals surface area contributed by atoms with E-state index in [0.717, 1.165) is 22.7 Å². The van der Waals surface area contributed by atoms with Gasteiger partial charge < -0.3 is 15.0 Å².